The van der Waals surface area contributed by atoms with Gasteiger partial charge in [0, 0.05) is 6.20 Å². The molecule has 1 rings (SSSR count). The number of halogens is 6. The maximum absolute atomic E-state index is 12.8. The van der Waals surface area contributed by atoms with Crippen molar-refractivity contribution in [1.82, 2.24) is 4.98 Å². The summed E-state index contributed by atoms with van der Waals surface area (Å²) >= 11 is -0.132. The van der Waals surface area contributed by atoms with Crippen LogP contribution in [-0.4, -0.2) is 40.1 Å². The molecule has 12 heteroatoms. The molecule has 1 aromatic rings. The minimum absolute atomic E-state index is 0.132. The van der Waals surface area contributed by atoms with Crippen LogP contribution >= 0.6 is 11.3 Å². The van der Waals surface area contributed by atoms with Crippen LogP contribution in [0.25, 0.3) is 0 Å². The Morgan fingerprint density at radius 2 is 1.68 bits per heavy atom. The molecule has 0 atom stereocenters. The van der Waals surface area contributed by atoms with Gasteiger partial charge in [-0.3, -0.25) is 10.1 Å². The number of nitrogens with zero attached hydrogens (tertiary/aromatic N) is 1. The Balaban J connectivity index is 3.12. The first-order valence-corrected chi connectivity index (χ1v) is 7.65. The van der Waals surface area contributed by atoms with Gasteiger partial charge in [-0.25, -0.2) is 4.98 Å². The van der Waals surface area contributed by atoms with Crippen molar-refractivity contribution in [2.75, 3.05) is 5.32 Å². The molecule has 0 unspecified atom stereocenters. The lowest BCUT2D eigenvalue weighted by molar-refractivity contribution is -0.375. The van der Waals surface area contributed by atoms with Gasteiger partial charge in [0.05, 0.1) is 11.0 Å². The molecule has 0 aliphatic rings. The van der Waals surface area contributed by atoms with Crippen LogP contribution in [-0.2, 0) is 15.1 Å². The van der Waals surface area contributed by atoms with E-state index in [-0.39, 0.29) is 23.6 Å². The number of alkyl halides is 6. The van der Waals surface area contributed by atoms with Crippen LogP contribution in [0.2, 0.25) is 0 Å². The van der Waals surface area contributed by atoms with E-state index in [1.54, 1.807) is 13.8 Å². The van der Waals surface area contributed by atoms with Crippen molar-refractivity contribution in [3.63, 3.8) is 0 Å². The predicted molar refractivity (Wildman–Crippen MR) is 77.1 cm³/mol. The van der Waals surface area contributed by atoms with Gasteiger partial charge < -0.3 is 9.84 Å². The normalized spacial score (nSPS) is 14.1. The highest BCUT2D eigenvalue weighted by Crippen LogP contribution is 2.51. The van der Waals surface area contributed by atoms with Gasteiger partial charge in [0.2, 0.25) is 0 Å². The summed E-state index contributed by atoms with van der Waals surface area (Å²) in [6.07, 6.45) is -12.2. The van der Waals surface area contributed by atoms with Gasteiger partial charge in [-0.15, -0.1) is 0 Å². The molecule has 0 aromatic carbocycles. The van der Waals surface area contributed by atoms with Crippen LogP contribution in [0.1, 0.15) is 32.6 Å². The Morgan fingerprint density at radius 1 is 1.20 bits per heavy atom. The first kappa shape index (κ1) is 21.6. The number of carbonyl (C=O) groups excluding carboxylic acids is 1. The average Bonchev–Trinajstić information content (AvgIpc) is 2.82. The van der Waals surface area contributed by atoms with E-state index in [2.05, 4.69) is 10.3 Å². The SMILES string of the molecule is CC(C)OC(C)(C)C(=O)Nc1ncc(C(O)(C(F)(F)F)C(F)(F)F)s1. The Hall–Kier alpha value is -1.40. The number of nitrogens with one attached hydrogen (secondary N) is 1. The quantitative estimate of drug-likeness (QED) is 0.749. The van der Waals surface area contributed by atoms with E-state index in [0.29, 0.717) is 0 Å². The summed E-state index contributed by atoms with van der Waals surface area (Å²) in [5, 5.41) is 10.8. The molecule has 0 radical (unpaired) electrons. The number of hydrogen-bond donors (Lipinski definition) is 2. The number of anilines is 1. The summed E-state index contributed by atoms with van der Waals surface area (Å²) < 4.78 is 82.1. The number of rotatable bonds is 5. The molecular formula is C13H16F6N2O3S. The van der Waals surface area contributed by atoms with Crippen molar-refractivity contribution in [2.45, 2.75) is 57.4 Å². The molecule has 1 heterocycles. The third-order valence-corrected chi connectivity index (χ3v) is 4.00. The van der Waals surface area contributed by atoms with Crippen molar-refractivity contribution < 1.29 is 41.0 Å². The Bertz CT molecular complexity index is 610. The molecule has 25 heavy (non-hydrogen) atoms. The van der Waals surface area contributed by atoms with Gasteiger partial charge in [0.25, 0.3) is 11.5 Å². The summed E-state index contributed by atoms with van der Waals surface area (Å²) in [6, 6.07) is 0. The zero-order valence-electron chi connectivity index (χ0n) is 13.5. The molecule has 0 saturated heterocycles. The first-order valence-electron chi connectivity index (χ1n) is 6.83. The summed E-state index contributed by atoms with van der Waals surface area (Å²) in [5.74, 6) is -0.815. The molecule has 0 bridgehead atoms. The zero-order chi connectivity index (χ0) is 19.8. The van der Waals surface area contributed by atoms with E-state index >= 15 is 0 Å². The Morgan fingerprint density at radius 3 is 2.08 bits per heavy atom. The topological polar surface area (TPSA) is 71.5 Å². The molecule has 144 valence electrons. The second kappa shape index (κ2) is 6.72. The minimum atomic E-state index is -6.01. The minimum Gasteiger partial charge on any atom is -0.369 e. The molecule has 0 saturated carbocycles. The van der Waals surface area contributed by atoms with Crippen LogP contribution in [0.4, 0.5) is 31.5 Å². The van der Waals surface area contributed by atoms with E-state index in [1.165, 1.54) is 13.8 Å². The predicted octanol–water partition coefficient (Wildman–Crippen LogP) is 3.60. The highest BCUT2D eigenvalue weighted by molar-refractivity contribution is 7.15. The van der Waals surface area contributed by atoms with Crippen molar-refractivity contribution in [3.8, 4) is 0 Å². The number of amides is 1. The van der Waals surface area contributed by atoms with E-state index in [4.69, 9.17) is 4.74 Å². The van der Waals surface area contributed by atoms with Crippen LogP contribution in [0.5, 0.6) is 0 Å². The summed E-state index contributed by atoms with van der Waals surface area (Å²) in [7, 11) is 0. The molecule has 0 spiro atoms. The fourth-order valence-electron chi connectivity index (χ4n) is 1.83. The van der Waals surface area contributed by atoms with Gasteiger partial charge in [0.15, 0.2) is 5.13 Å². The largest absolute Gasteiger partial charge is 0.431 e. The lowest BCUT2D eigenvalue weighted by Gasteiger charge is -2.30. The second-order valence-corrected chi connectivity index (χ2v) is 6.90. The maximum atomic E-state index is 12.8. The van der Waals surface area contributed by atoms with Gasteiger partial charge in [-0.2, -0.15) is 26.3 Å². The van der Waals surface area contributed by atoms with Crippen LogP contribution in [0.3, 0.4) is 0 Å². The first-order chi connectivity index (χ1) is 11.0. The highest BCUT2D eigenvalue weighted by atomic mass is 32.1. The fraction of sp³-hybridized carbons (Fsp3) is 0.692. The third kappa shape index (κ3) is 4.42. The molecule has 0 aliphatic heterocycles. The van der Waals surface area contributed by atoms with Gasteiger partial charge >= 0.3 is 12.4 Å². The Labute approximate surface area is 143 Å². The molecule has 1 aromatic heterocycles. The standard InChI is InChI=1S/C13H16F6N2O3S/c1-6(2)24-10(3,4)8(22)21-9-20-5-7(25-9)11(23,12(14,15)16)13(17,18)19/h5-6,23H,1-4H3,(H,20,21,22). The van der Waals surface area contributed by atoms with Crippen molar-refractivity contribution in [2.24, 2.45) is 0 Å². The molecule has 0 aliphatic carbocycles. The number of carbonyl (C=O) groups is 1. The monoisotopic (exact) mass is 394 g/mol. The lowest BCUT2D eigenvalue weighted by atomic mass is 10.0. The van der Waals surface area contributed by atoms with Gasteiger partial charge in [0.1, 0.15) is 5.60 Å². The number of hydrogen-bond acceptors (Lipinski definition) is 5. The average molecular weight is 394 g/mol. The number of thiazole rings is 1. The molecule has 1 amide bonds. The van der Waals surface area contributed by atoms with Crippen molar-refractivity contribution in [3.05, 3.63) is 11.1 Å². The summed E-state index contributed by atoms with van der Waals surface area (Å²) in [5.41, 5.74) is -6.48. The van der Waals surface area contributed by atoms with Crippen molar-refractivity contribution >= 4 is 22.4 Å². The maximum Gasteiger partial charge on any atom is 0.431 e. The van der Waals surface area contributed by atoms with Crippen LogP contribution in [0.15, 0.2) is 6.20 Å². The molecule has 5 nitrogen and oxygen atoms in total. The zero-order valence-corrected chi connectivity index (χ0v) is 14.4. The van der Waals surface area contributed by atoms with Gasteiger partial charge in [-0.05, 0) is 27.7 Å². The smallest absolute Gasteiger partial charge is 0.369 e. The fourth-order valence-corrected chi connectivity index (χ4v) is 2.77. The highest BCUT2D eigenvalue weighted by Gasteiger charge is 2.72. The lowest BCUT2D eigenvalue weighted by Crippen LogP contribution is -2.53. The van der Waals surface area contributed by atoms with E-state index in [1.807, 2.05) is 0 Å². The summed E-state index contributed by atoms with van der Waals surface area (Å²) in [4.78, 5) is 13.9. The third-order valence-electron chi connectivity index (χ3n) is 2.98. The van der Waals surface area contributed by atoms with E-state index in [0.717, 1.165) is 0 Å². The molecular weight excluding hydrogens is 378 g/mol. The number of ether oxygens (including phenoxy) is 1. The molecule has 0 fully saturated rings. The van der Waals surface area contributed by atoms with Crippen LogP contribution in [0, 0.1) is 0 Å². The second-order valence-electron chi connectivity index (χ2n) is 5.87. The van der Waals surface area contributed by atoms with Crippen LogP contribution < -0.4 is 5.32 Å². The van der Waals surface area contributed by atoms with E-state index in [9.17, 15) is 36.2 Å². The number of aliphatic hydroxyl groups is 1. The Kier molecular flexibility index (Phi) is 5.82. The van der Waals surface area contributed by atoms with Crippen molar-refractivity contribution in [1.29, 1.82) is 0 Å². The van der Waals surface area contributed by atoms with Gasteiger partial charge in [-0.1, -0.05) is 11.3 Å². The summed E-state index contributed by atoms with van der Waals surface area (Å²) in [6.45, 7) is 6.03. The molecule has 2 N–H and O–H groups in total. The van der Waals surface area contributed by atoms with E-state index < -0.39 is 39.5 Å². The number of aromatic nitrogens is 1.